The number of rotatable bonds is 6. The summed E-state index contributed by atoms with van der Waals surface area (Å²) in [6.07, 6.45) is 4.96. The molecule has 6 nitrogen and oxygen atoms in total. The molecule has 1 aromatic carbocycles. The molecule has 1 aliphatic carbocycles. The Labute approximate surface area is 156 Å². The van der Waals surface area contributed by atoms with E-state index >= 15 is 0 Å². The van der Waals surface area contributed by atoms with E-state index in [9.17, 15) is 18.4 Å². The lowest BCUT2D eigenvalue weighted by Crippen LogP contribution is -2.29. The Morgan fingerprint density at radius 3 is 2.30 bits per heavy atom. The summed E-state index contributed by atoms with van der Waals surface area (Å²) in [6.45, 7) is 0.613. The van der Waals surface area contributed by atoms with E-state index in [2.05, 4.69) is 4.99 Å². The van der Waals surface area contributed by atoms with Crippen LogP contribution in [0.2, 0.25) is 0 Å². The number of benzene rings is 1. The number of carbonyl (C=O) groups excluding carboxylic acids is 2. The Balaban J connectivity index is 2.08. The monoisotopic (exact) mass is 379 g/mol. The molecule has 1 saturated carbocycles. The highest BCUT2D eigenvalue weighted by Crippen LogP contribution is 2.21. The van der Waals surface area contributed by atoms with Gasteiger partial charge in [0, 0.05) is 5.70 Å². The molecule has 4 N–H and O–H groups in total. The van der Waals surface area contributed by atoms with Crippen molar-refractivity contribution in [3.63, 3.8) is 0 Å². The number of hydrogen-bond donors (Lipinski definition) is 2. The van der Waals surface area contributed by atoms with E-state index in [1.165, 1.54) is 6.92 Å². The maximum Gasteiger partial charge on any atom is 0.344 e. The molecule has 8 heteroatoms. The summed E-state index contributed by atoms with van der Waals surface area (Å²) in [4.78, 5) is 28.7. The zero-order valence-corrected chi connectivity index (χ0v) is 15.1. The topological polar surface area (TPSA) is 108 Å². The fourth-order valence-corrected chi connectivity index (χ4v) is 2.98. The highest BCUT2D eigenvalue weighted by atomic mass is 19.1. The van der Waals surface area contributed by atoms with Crippen molar-refractivity contribution in [2.45, 2.75) is 45.1 Å². The van der Waals surface area contributed by atoms with Gasteiger partial charge in [0.2, 0.25) is 5.78 Å². The maximum absolute atomic E-state index is 13.6. The number of nitrogens with two attached hydrogens (primary N) is 2. The van der Waals surface area contributed by atoms with E-state index in [4.69, 9.17) is 16.2 Å². The lowest BCUT2D eigenvalue weighted by atomic mass is 9.96. The zero-order valence-electron chi connectivity index (χ0n) is 15.1. The van der Waals surface area contributed by atoms with E-state index in [0.717, 1.165) is 50.3 Å². The van der Waals surface area contributed by atoms with Crippen LogP contribution in [-0.2, 0) is 9.53 Å². The van der Waals surface area contributed by atoms with Crippen LogP contribution in [0.25, 0.3) is 0 Å². The smallest absolute Gasteiger partial charge is 0.344 e. The summed E-state index contributed by atoms with van der Waals surface area (Å²) in [7, 11) is 0. The molecule has 2 rings (SSSR count). The van der Waals surface area contributed by atoms with E-state index in [1.54, 1.807) is 0 Å². The fourth-order valence-electron chi connectivity index (χ4n) is 2.98. The molecular weight excluding hydrogens is 356 g/mol. The lowest BCUT2D eigenvalue weighted by molar-refractivity contribution is -0.137. The Hall–Kier alpha value is -2.77. The summed E-state index contributed by atoms with van der Waals surface area (Å²) in [6, 6.07) is 3.04. The summed E-state index contributed by atoms with van der Waals surface area (Å²) >= 11 is 0. The zero-order chi connectivity index (χ0) is 20.0. The number of hydrogen-bond acceptors (Lipinski definition) is 5. The van der Waals surface area contributed by atoms with Crippen molar-refractivity contribution in [2.75, 3.05) is 6.61 Å². The maximum atomic E-state index is 13.6. The molecule has 0 atom stereocenters. The third kappa shape index (κ3) is 5.35. The van der Waals surface area contributed by atoms with Gasteiger partial charge in [-0.2, -0.15) is 0 Å². The van der Waals surface area contributed by atoms with Crippen molar-refractivity contribution in [1.82, 2.24) is 0 Å². The second-order valence-corrected chi connectivity index (χ2v) is 6.46. The quantitative estimate of drug-likeness (QED) is 0.260. The number of halogens is 2. The van der Waals surface area contributed by atoms with Crippen LogP contribution < -0.4 is 11.5 Å². The van der Waals surface area contributed by atoms with Crippen molar-refractivity contribution in [1.29, 1.82) is 0 Å². The number of nitrogens with zero attached hydrogens (tertiary/aromatic N) is 1. The molecule has 27 heavy (non-hydrogen) atoms. The van der Waals surface area contributed by atoms with Gasteiger partial charge in [0.25, 0.3) is 0 Å². The predicted octanol–water partition coefficient (Wildman–Crippen LogP) is 2.61. The van der Waals surface area contributed by atoms with Gasteiger partial charge < -0.3 is 16.2 Å². The van der Waals surface area contributed by atoms with Gasteiger partial charge in [-0.25, -0.2) is 13.6 Å². The average Bonchev–Trinajstić information content (AvgIpc) is 2.60. The second kappa shape index (κ2) is 9.25. The van der Waals surface area contributed by atoms with Crippen molar-refractivity contribution in [3.8, 4) is 0 Å². The molecule has 0 aromatic heterocycles. The van der Waals surface area contributed by atoms with Crippen LogP contribution in [0.4, 0.5) is 8.78 Å². The SMILES string of the molecule is C/C(N)=C(\C(=O)OCC(=O)c1c(F)cccc1F)C(N)=NC1CCCCC1. The van der Waals surface area contributed by atoms with Gasteiger partial charge >= 0.3 is 5.97 Å². The average molecular weight is 379 g/mol. The standard InChI is InChI=1S/C19H23F2N3O3/c1-11(22)16(18(23)24-12-6-3-2-4-7-12)19(26)27-10-15(25)17-13(20)8-5-9-14(17)21/h5,8-9,12H,2-4,6-7,10,22H2,1H3,(H2,23,24)/b16-11+. The van der Waals surface area contributed by atoms with Crippen molar-refractivity contribution in [3.05, 3.63) is 46.7 Å². The minimum absolute atomic E-state index is 0.00930. The van der Waals surface area contributed by atoms with Gasteiger partial charge in [-0.15, -0.1) is 0 Å². The van der Waals surface area contributed by atoms with Crippen LogP contribution in [-0.4, -0.2) is 30.2 Å². The highest BCUT2D eigenvalue weighted by Gasteiger charge is 2.23. The third-order valence-electron chi connectivity index (χ3n) is 4.33. The summed E-state index contributed by atoms with van der Waals surface area (Å²) in [5, 5.41) is 0. The number of esters is 1. The van der Waals surface area contributed by atoms with Crippen molar-refractivity contribution >= 4 is 17.6 Å². The Morgan fingerprint density at radius 1 is 1.15 bits per heavy atom. The number of aliphatic imine (C=N–C) groups is 1. The van der Waals surface area contributed by atoms with E-state index in [0.29, 0.717) is 0 Å². The van der Waals surface area contributed by atoms with Crippen LogP contribution in [0.1, 0.15) is 49.4 Å². The van der Waals surface area contributed by atoms with E-state index < -0.39 is 35.6 Å². The lowest BCUT2D eigenvalue weighted by Gasteiger charge is -2.19. The molecule has 0 bridgehead atoms. The third-order valence-corrected chi connectivity index (χ3v) is 4.33. The fraction of sp³-hybridized carbons (Fsp3) is 0.421. The van der Waals surface area contributed by atoms with E-state index in [-0.39, 0.29) is 23.1 Å². The van der Waals surface area contributed by atoms with Crippen molar-refractivity contribution < 1.29 is 23.1 Å². The van der Waals surface area contributed by atoms with Gasteiger partial charge in [0.1, 0.15) is 23.0 Å². The molecule has 1 fully saturated rings. The van der Waals surface area contributed by atoms with Gasteiger partial charge in [-0.1, -0.05) is 25.3 Å². The first-order chi connectivity index (χ1) is 12.8. The first kappa shape index (κ1) is 20.5. The number of Topliss-reactive ketones (excluding diaryl/α,β-unsaturated/α-hetero) is 1. The molecule has 0 spiro atoms. The minimum atomic E-state index is -1.03. The molecule has 0 saturated heterocycles. The Kier molecular flexibility index (Phi) is 7.04. The van der Waals surface area contributed by atoms with Crippen LogP contribution in [0, 0.1) is 11.6 Å². The minimum Gasteiger partial charge on any atom is -0.454 e. The van der Waals surface area contributed by atoms with Crippen LogP contribution in [0.15, 0.2) is 34.5 Å². The first-order valence-corrected chi connectivity index (χ1v) is 8.75. The number of allylic oxidation sites excluding steroid dienone is 1. The number of carbonyl (C=O) groups is 2. The predicted molar refractivity (Wildman–Crippen MR) is 97.0 cm³/mol. The molecular formula is C19H23F2N3O3. The molecule has 0 unspecified atom stereocenters. The van der Waals surface area contributed by atoms with Crippen LogP contribution in [0.3, 0.4) is 0 Å². The normalized spacial score (nSPS) is 16.6. The van der Waals surface area contributed by atoms with Crippen LogP contribution in [0.5, 0.6) is 0 Å². The Morgan fingerprint density at radius 2 is 1.74 bits per heavy atom. The first-order valence-electron chi connectivity index (χ1n) is 8.75. The molecule has 1 aromatic rings. The van der Waals surface area contributed by atoms with Gasteiger partial charge in [0.15, 0.2) is 6.61 Å². The molecule has 0 radical (unpaired) electrons. The number of ether oxygens (including phenoxy) is 1. The Bertz CT molecular complexity index is 760. The molecule has 0 heterocycles. The van der Waals surface area contributed by atoms with Gasteiger partial charge in [0.05, 0.1) is 11.6 Å². The summed E-state index contributed by atoms with van der Waals surface area (Å²) in [5.74, 6) is -4.08. The molecule has 146 valence electrons. The summed E-state index contributed by atoms with van der Waals surface area (Å²) < 4.78 is 32.1. The highest BCUT2D eigenvalue weighted by molar-refractivity contribution is 6.19. The molecule has 0 amide bonds. The molecule has 0 aliphatic heterocycles. The second-order valence-electron chi connectivity index (χ2n) is 6.46. The van der Waals surface area contributed by atoms with E-state index in [1.807, 2.05) is 0 Å². The largest absolute Gasteiger partial charge is 0.454 e. The number of ketones is 1. The molecule has 1 aliphatic rings. The van der Waals surface area contributed by atoms with Crippen molar-refractivity contribution in [2.24, 2.45) is 16.5 Å². The van der Waals surface area contributed by atoms with Gasteiger partial charge in [-0.3, -0.25) is 9.79 Å². The van der Waals surface area contributed by atoms with Gasteiger partial charge in [-0.05, 0) is 31.9 Å². The van der Waals surface area contributed by atoms with Crippen LogP contribution >= 0.6 is 0 Å². The number of amidine groups is 1. The summed E-state index contributed by atoms with van der Waals surface area (Å²) in [5.41, 5.74) is 10.8.